The quantitative estimate of drug-likeness (QED) is 0.356. The van der Waals surface area contributed by atoms with Crippen LogP contribution in [0, 0.1) is 45.3 Å². The molecule has 0 spiro atoms. The van der Waals surface area contributed by atoms with Crippen LogP contribution < -0.4 is 0 Å². The first kappa shape index (κ1) is 26.9. The fraction of sp³-hybridized carbons (Fsp3) is 0.875. The molecule has 0 amide bonds. The van der Waals surface area contributed by atoms with Crippen molar-refractivity contribution in [2.75, 3.05) is 0 Å². The van der Waals surface area contributed by atoms with Crippen LogP contribution in [0.15, 0.2) is 11.1 Å². The predicted molar refractivity (Wildman–Crippen MR) is 143 cm³/mol. The topological polar surface area (TPSA) is 43.4 Å². The molecular weight excluding hydrogens is 432 g/mol. The summed E-state index contributed by atoms with van der Waals surface area (Å²) >= 11 is 0. The molecule has 0 radical (unpaired) electrons. The number of hydrogen-bond acceptors (Lipinski definition) is 3. The molecular formula is C32H52O3. The first-order chi connectivity index (χ1) is 16.2. The first-order valence-corrected chi connectivity index (χ1v) is 14.6. The van der Waals surface area contributed by atoms with Gasteiger partial charge in [0, 0.05) is 29.7 Å². The summed E-state index contributed by atoms with van der Waals surface area (Å²) in [6.07, 6.45) is 11.1. The molecule has 0 aromatic rings. The van der Waals surface area contributed by atoms with Crippen LogP contribution in [0.4, 0.5) is 0 Å². The van der Waals surface area contributed by atoms with Crippen molar-refractivity contribution in [3.8, 4) is 0 Å². The molecule has 35 heavy (non-hydrogen) atoms. The summed E-state index contributed by atoms with van der Waals surface area (Å²) in [6.45, 7) is 20.6. The number of esters is 1. The van der Waals surface area contributed by atoms with Crippen molar-refractivity contribution in [2.45, 2.75) is 133 Å². The molecule has 3 nitrogen and oxygen atoms in total. The number of fused-ring (bicyclic) bond motifs is 4. The maximum Gasteiger partial charge on any atom is 0.302 e. The van der Waals surface area contributed by atoms with Crippen LogP contribution in [0.1, 0.15) is 127 Å². The standard InChI is InChI=1S/C32H52O3/c1-20(2)11-10-12-21(3)23-13-18-32(9)28-24(14-17-31(23,32)8)30(7)16-15-27(35-22(4)33)29(5,6)26(30)19-25(28)34/h20-21,23,26-27H,10-19H2,1-9H3. The van der Waals surface area contributed by atoms with E-state index >= 15 is 0 Å². The van der Waals surface area contributed by atoms with Crippen molar-refractivity contribution in [1.29, 1.82) is 0 Å². The summed E-state index contributed by atoms with van der Waals surface area (Å²) in [5, 5.41) is 0. The van der Waals surface area contributed by atoms with Crippen LogP contribution in [-0.2, 0) is 14.3 Å². The van der Waals surface area contributed by atoms with Gasteiger partial charge in [0.15, 0.2) is 5.78 Å². The van der Waals surface area contributed by atoms with Crippen LogP contribution in [0.5, 0.6) is 0 Å². The van der Waals surface area contributed by atoms with Gasteiger partial charge in [0.2, 0.25) is 0 Å². The number of Topliss-reactive ketones (excluding diaryl/α,β-unsaturated/α-hetero) is 1. The monoisotopic (exact) mass is 484 g/mol. The molecule has 0 saturated heterocycles. The molecule has 4 aliphatic carbocycles. The fourth-order valence-corrected chi connectivity index (χ4v) is 9.75. The Kier molecular flexibility index (Phi) is 6.94. The largest absolute Gasteiger partial charge is 0.462 e. The molecule has 2 saturated carbocycles. The average molecular weight is 485 g/mol. The van der Waals surface area contributed by atoms with Gasteiger partial charge in [-0.15, -0.1) is 0 Å². The molecule has 0 aliphatic heterocycles. The van der Waals surface area contributed by atoms with Gasteiger partial charge in [0.25, 0.3) is 0 Å². The zero-order valence-corrected chi connectivity index (χ0v) is 24.2. The third-order valence-corrected chi connectivity index (χ3v) is 12.0. The third kappa shape index (κ3) is 4.06. The summed E-state index contributed by atoms with van der Waals surface area (Å²) in [7, 11) is 0. The van der Waals surface area contributed by atoms with E-state index in [1.54, 1.807) is 0 Å². The molecule has 7 atom stereocenters. The van der Waals surface area contributed by atoms with Crippen molar-refractivity contribution in [1.82, 2.24) is 0 Å². The molecule has 4 rings (SSSR count). The number of carbonyl (C=O) groups excluding carboxylic acids is 2. The van der Waals surface area contributed by atoms with E-state index in [2.05, 4.69) is 55.4 Å². The van der Waals surface area contributed by atoms with Crippen LogP contribution in [-0.4, -0.2) is 17.9 Å². The highest BCUT2D eigenvalue weighted by atomic mass is 16.5. The maximum atomic E-state index is 14.1. The molecule has 0 aromatic carbocycles. The SMILES string of the molecule is CC(=O)OC1CCC2(C)C3=C(C(=O)CC2C1(C)C)C1(C)CCC(C(C)CCCC(C)C)C1(C)CC3. The van der Waals surface area contributed by atoms with E-state index in [-0.39, 0.29) is 39.7 Å². The average Bonchev–Trinajstić information content (AvgIpc) is 3.02. The smallest absolute Gasteiger partial charge is 0.302 e. The predicted octanol–water partition coefficient (Wildman–Crippen LogP) is 8.31. The lowest BCUT2D eigenvalue weighted by molar-refractivity contribution is -0.168. The molecule has 198 valence electrons. The van der Waals surface area contributed by atoms with E-state index in [4.69, 9.17) is 4.74 Å². The lowest BCUT2D eigenvalue weighted by Crippen LogP contribution is -2.57. The molecule has 0 heterocycles. The second-order valence-electron chi connectivity index (χ2n) is 14.6. The van der Waals surface area contributed by atoms with Crippen LogP contribution in [0.25, 0.3) is 0 Å². The zero-order chi connectivity index (χ0) is 26.0. The minimum absolute atomic E-state index is 0.000499. The fourth-order valence-electron chi connectivity index (χ4n) is 9.75. The van der Waals surface area contributed by atoms with Crippen molar-refractivity contribution in [3.63, 3.8) is 0 Å². The van der Waals surface area contributed by atoms with Gasteiger partial charge < -0.3 is 4.74 Å². The normalized spacial score (nSPS) is 41.3. The van der Waals surface area contributed by atoms with Crippen LogP contribution >= 0.6 is 0 Å². The molecule has 0 aromatic heterocycles. The molecule has 2 fully saturated rings. The Morgan fingerprint density at radius 1 is 1.00 bits per heavy atom. The zero-order valence-electron chi connectivity index (χ0n) is 24.2. The van der Waals surface area contributed by atoms with Gasteiger partial charge in [-0.3, -0.25) is 9.59 Å². The summed E-state index contributed by atoms with van der Waals surface area (Å²) in [5.41, 5.74) is 2.78. The number of allylic oxidation sites excluding steroid dienone is 2. The van der Waals surface area contributed by atoms with Crippen molar-refractivity contribution in [3.05, 3.63) is 11.1 Å². The van der Waals surface area contributed by atoms with E-state index in [0.717, 1.165) is 37.5 Å². The van der Waals surface area contributed by atoms with Crippen LogP contribution in [0.2, 0.25) is 0 Å². The Morgan fingerprint density at radius 3 is 2.31 bits per heavy atom. The highest BCUT2D eigenvalue weighted by Crippen LogP contribution is 2.72. The number of ketones is 1. The third-order valence-electron chi connectivity index (χ3n) is 12.0. The molecule has 0 bridgehead atoms. The Hall–Kier alpha value is -1.12. The molecule has 4 aliphatic rings. The lowest BCUT2D eigenvalue weighted by Gasteiger charge is -2.61. The van der Waals surface area contributed by atoms with Gasteiger partial charge in [-0.1, -0.05) is 80.2 Å². The highest BCUT2D eigenvalue weighted by molar-refractivity contribution is 5.99. The minimum Gasteiger partial charge on any atom is -0.462 e. The van der Waals surface area contributed by atoms with E-state index in [1.807, 2.05) is 0 Å². The highest BCUT2D eigenvalue weighted by Gasteiger charge is 2.65. The molecule has 0 N–H and O–H groups in total. The summed E-state index contributed by atoms with van der Waals surface area (Å²) < 4.78 is 5.80. The van der Waals surface area contributed by atoms with Gasteiger partial charge in [-0.05, 0) is 73.0 Å². The molecule has 7 unspecified atom stereocenters. The summed E-state index contributed by atoms with van der Waals surface area (Å²) in [6, 6.07) is 0. The Morgan fingerprint density at radius 2 is 1.69 bits per heavy atom. The van der Waals surface area contributed by atoms with Gasteiger partial charge >= 0.3 is 5.97 Å². The van der Waals surface area contributed by atoms with Crippen LogP contribution in [0.3, 0.4) is 0 Å². The van der Waals surface area contributed by atoms with E-state index in [1.165, 1.54) is 50.2 Å². The van der Waals surface area contributed by atoms with Gasteiger partial charge in [0.1, 0.15) is 6.10 Å². The van der Waals surface area contributed by atoms with Crippen molar-refractivity contribution >= 4 is 11.8 Å². The number of carbonyl (C=O) groups is 2. The van der Waals surface area contributed by atoms with Crippen molar-refractivity contribution < 1.29 is 14.3 Å². The first-order valence-electron chi connectivity index (χ1n) is 14.6. The van der Waals surface area contributed by atoms with Gasteiger partial charge in [-0.2, -0.15) is 0 Å². The second-order valence-corrected chi connectivity index (χ2v) is 14.6. The number of rotatable bonds is 6. The van der Waals surface area contributed by atoms with Crippen molar-refractivity contribution in [2.24, 2.45) is 45.3 Å². The summed E-state index contributed by atoms with van der Waals surface area (Å²) in [4.78, 5) is 25.9. The Bertz CT molecular complexity index is 896. The molecule has 3 heteroatoms. The number of hydrogen-bond donors (Lipinski definition) is 0. The van der Waals surface area contributed by atoms with Gasteiger partial charge in [0.05, 0.1) is 0 Å². The lowest BCUT2D eigenvalue weighted by atomic mass is 9.43. The van der Waals surface area contributed by atoms with E-state index < -0.39 is 0 Å². The number of ether oxygens (including phenoxy) is 1. The minimum atomic E-state index is -0.200. The Balaban J connectivity index is 1.66. The maximum absolute atomic E-state index is 14.1. The van der Waals surface area contributed by atoms with E-state index in [9.17, 15) is 9.59 Å². The Labute approximate surface area is 215 Å². The second kappa shape index (κ2) is 9.02. The van der Waals surface area contributed by atoms with E-state index in [0.29, 0.717) is 18.1 Å². The van der Waals surface area contributed by atoms with Gasteiger partial charge in [-0.25, -0.2) is 0 Å². The summed E-state index contributed by atoms with van der Waals surface area (Å²) in [5.74, 6) is 2.66.